The molecule has 2 saturated heterocycles. The summed E-state index contributed by atoms with van der Waals surface area (Å²) in [5.74, 6) is 0.704. The third-order valence-corrected chi connectivity index (χ3v) is 5.11. The Labute approximate surface area is 120 Å². The predicted molar refractivity (Wildman–Crippen MR) is 75.3 cm³/mol. The lowest BCUT2D eigenvalue weighted by molar-refractivity contribution is -0.137. The Balaban J connectivity index is 1.62. The Hall–Kier alpha value is -0.900. The minimum atomic E-state index is 0.111. The van der Waals surface area contributed by atoms with Crippen LogP contribution in [0.2, 0.25) is 0 Å². The number of carbonyl (C=O) groups excluding carboxylic acids is 2. The maximum Gasteiger partial charge on any atom is 0.225 e. The summed E-state index contributed by atoms with van der Waals surface area (Å²) in [4.78, 5) is 26.6. The molecular formula is C16H25NO3. The van der Waals surface area contributed by atoms with Gasteiger partial charge in [0.15, 0.2) is 0 Å². The molecule has 3 fully saturated rings. The second-order valence-electron chi connectivity index (χ2n) is 6.45. The fourth-order valence-corrected chi connectivity index (χ4v) is 4.05. The molecule has 0 radical (unpaired) electrons. The SMILES string of the molecule is O=C1CCCCC1C1CCCN1C(=O)CC1CCCO1. The molecule has 1 aliphatic carbocycles. The summed E-state index contributed by atoms with van der Waals surface area (Å²) >= 11 is 0. The molecule has 4 nitrogen and oxygen atoms in total. The van der Waals surface area contributed by atoms with Crippen LogP contribution in [-0.2, 0) is 14.3 Å². The molecule has 0 N–H and O–H groups in total. The van der Waals surface area contributed by atoms with Crippen LogP contribution >= 0.6 is 0 Å². The summed E-state index contributed by atoms with van der Waals surface area (Å²) in [6.45, 7) is 1.63. The van der Waals surface area contributed by atoms with Gasteiger partial charge in [-0.25, -0.2) is 0 Å². The van der Waals surface area contributed by atoms with Gasteiger partial charge in [-0.2, -0.15) is 0 Å². The minimum Gasteiger partial charge on any atom is -0.378 e. The number of carbonyl (C=O) groups is 2. The Kier molecular flexibility index (Phi) is 4.39. The van der Waals surface area contributed by atoms with Gasteiger partial charge in [0.2, 0.25) is 5.91 Å². The van der Waals surface area contributed by atoms with E-state index in [1.54, 1.807) is 0 Å². The minimum absolute atomic E-state index is 0.111. The highest BCUT2D eigenvalue weighted by atomic mass is 16.5. The van der Waals surface area contributed by atoms with E-state index in [1.807, 2.05) is 4.90 Å². The topological polar surface area (TPSA) is 46.6 Å². The molecule has 0 aromatic rings. The first-order valence-electron chi connectivity index (χ1n) is 8.19. The van der Waals surface area contributed by atoms with Crippen molar-refractivity contribution in [1.29, 1.82) is 0 Å². The highest BCUT2D eigenvalue weighted by molar-refractivity contribution is 5.84. The third-order valence-electron chi connectivity index (χ3n) is 5.11. The van der Waals surface area contributed by atoms with E-state index in [0.29, 0.717) is 12.2 Å². The molecule has 3 aliphatic rings. The van der Waals surface area contributed by atoms with Crippen molar-refractivity contribution in [2.45, 2.75) is 69.9 Å². The van der Waals surface area contributed by atoms with E-state index in [2.05, 4.69) is 0 Å². The molecule has 20 heavy (non-hydrogen) atoms. The van der Waals surface area contributed by atoms with Gasteiger partial charge in [-0.05, 0) is 38.5 Å². The van der Waals surface area contributed by atoms with Crippen LogP contribution in [0.4, 0.5) is 0 Å². The van der Waals surface area contributed by atoms with Crippen molar-refractivity contribution in [1.82, 2.24) is 4.90 Å². The first-order chi connectivity index (χ1) is 9.75. The van der Waals surface area contributed by atoms with Crippen LogP contribution in [0.25, 0.3) is 0 Å². The van der Waals surface area contributed by atoms with Crippen molar-refractivity contribution in [3.63, 3.8) is 0 Å². The van der Waals surface area contributed by atoms with Crippen LogP contribution < -0.4 is 0 Å². The number of likely N-dealkylation sites (tertiary alicyclic amines) is 1. The van der Waals surface area contributed by atoms with E-state index in [9.17, 15) is 9.59 Å². The Morgan fingerprint density at radius 2 is 2.05 bits per heavy atom. The Morgan fingerprint density at radius 1 is 1.15 bits per heavy atom. The van der Waals surface area contributed by atoms with E-state index in [-0.39, 0.29) is 24.0 Å². The molecule has 0 aromatic heterocycles. The van der Waals surface area contributed by atoms with Crippen molar-refractivity contribution in [3.05, 3.63) is 0 Å². The van der Waals surface area contributed by atoms with Gasteiger partial charge in [-0.3, -0.25) is 9.59 Å². The summed E-state index contributed by atoms with van der Waals surface area (Å²) in [5, 5.41) is 0. The van der Waals surface area contributed by atoms with Crippen LogP contribution in [0.5, 0.6) is 0 Å². The number of hydrogen-bond acceptors (Lipinski definition) is 3. The quantitative estimate of drug-likeness (QED) is 0.796. The molecular weight excluding hydrogens is 254 g/mol. The summed E-state index contributed by atoms with van der Waals surface area (Å²) < 4.78 is 5.57. The lowest BCUT2D eigenvalue weighted by atomic mass is 9.81. The predicted octanol–water partition coefficient (Wildman–Crippen LogP) is 2.31. The summed E-state index contributed by atoms with van der Waals surface area (Å²) in [5.41, 5.74) is 0. The molecule has 2 aliphatic heterocycles. The fourth-order valence-electron chi connectivity index (χ4n) is 4.05. The first-order valence-corrected chi connectivity index (χ1v) is 8.19. The van der Waals surface area contributed by atoms with Gasteiger partial charge in [-0.1, -0.05) is 6.42 Å². The average molecular weight is 279 g/mol. The zero-order valence-corrected chi connectivity index (χ0v) is 12.2. The van der Waals surface area contributed by atoms with Crippen LogP contribution in [-0.4, -0.2) is 41.9 Å². The summed E-state index contributed by atoms with van der Waals surface area (Å²) in [7, 11) is 0. The lowest BCUT2D eigenvalue weighted by Gasteiger charge is -2.33. The number of amides is 1. The van der Waals surface area contributed by atoms with Crippen LogP contribution in [0.1, 0.15) is 57.8 Å². The molecule has 1 saturated carbocycles. The Morgan fingerprint density at radius 3 is 2.80 bits per heavy atom. The van der Waals surface area contributed by atoms with Crippen LogP contribution in [0.3, 0.4) is 0 Å². The average Bonchev–Trinajstić information content (AvgIpc) is 3.09. The van der Waals surface area contributed by atoms with E-state index in [4.69, 9.17) is 4.74 Å². The van der Waals surface area contributed by atoms with Crippen LogP contribution in [0, 0.1) is 5.92 Å². The molecule has 3 atom stereocenters. The van der Waals surface area contributed by atoms with Crippen molar-refractivity contribution >= 4 is 11.7 Å². The number of rotatable bonds is 3. The maximum atomic E-state index is 12.5. The highest BCUT2D eigenvalue weighted by Gasteiger charge is 2.39. The summed E-state index contributed by atoms with van der Waals surface area (Å²) in [6, 6.07) is 0.178. The summed E-state index contributed by atoms with van der Waals surface area (Å²) in [6.07, 6.45) is 8.63. The lowest BCUT2D eigenvalue weighted by Crippen LogP contribution is -2.44. The molecule has 3 rings (SSSR count). The molecule has 1 amide bonds. The zero-order valence-electron chi connectivity index (χ0n) is 12.2. The molecule has 2 heterocycles. The van der Waals surface area contributed by atoms with Gasteiger partial charge < -0.3 is 9.64 Å². The molecule has 112 valence electrons. The molecule has 0 spiro atoms. The standard InChI is InChI=1S/C16H25NO3/c18-15-8-2-1-6-13(15)14-7-3-9-17(14)16(19)11-12-5-4-10-20-12/h12-14H,1-11H2. The second kappa shape index (κ2) is 6.25. The van der Waals surface area contributed by atoms with E-state index < -0.39 is 0 Å². The normalized spacial score (nSPS) is 34.7. The monoisotopic (exact) mass is 279 g/mol. The van der Waals surface area contributed by atoms with Crippen molar-refractivity contribution in [2.75, 3.05) is 13.2 Å². The first kappa shape index (κ1) is 14.1. The van der Waals surface area contributed by atoms with E-state index in [1.165, 1.54) is 0 Å². The molecule has 0 aromatic carbocycles. The van der Waals surface area contributed by atoms with Gasteiger partial charge in [0, 0.05) is 31.5 Å². The van der Waals surface area contributed by atoms with Crippen molar-refractivity contribution in [3.8, 4) is 0 Å². The Bertz CT molecular complexity index is 376. The second-order valence-corrected chi connectivity index (χ2v) is 6.45. The molecule has 3 unspecified atom stereocenters. The van der Waals surface area contributed by atoms with Gasteiger partial charge in [0.1, 0.15) is 5.78 Å². The third kappa shape index (κ3) is 2.90. The van der Waals surface area contributed by atoms with Gasteiger partial charge >= 0.3 is 0 Å². The maximum absolute atomic E-state index is 12.5. The van der Waals surface area contributed by atoms with Gasteiger partial charge in [-0.15, -0.1) is 0 Å². The largest absolute Gasteiger partial charge is 0.378 e. The molecule has 4 heteroatoms. The number of hydrogen-bond donors (Lipinski definition) is 0. The fraction of sp³-hybridized carbons (Fsp3) is 0.875. The van der Waals surface area contributed by atoms with Crippen LogP contribution in [0.15, 0.2) is 0 Å². The number of Topliss-reactive ketones (excluding diaryl/α,β-unsaturated/α-hetero) is 1. The number of nitrogens with zero attached hydrogens (tertiary/aromatic N) is 1. The zero-order chi connectivity index (χ0) is 13.9. The van der Waals surface area contributed by atoms with Crippen molar-refractivity contribution < 1.29 is 14.3 Å². The smallest absolute Gasteiger partial charge is 0.225 e. The number of ketones is 1. The highest BCUT2D eigenvalue weighted by Crippen LogP contribution is 2.33. The van der Waals surface area contributed by atoms with Crippen molar-refractivity contribution in [2.24, 2.45) is 5.92 Å². The number of ether oxygens (including phenoxy) is 1. The van der Waals surface area contributed by atoms with E-state index >= 15 is 0 Å². The van der Waals surface area contributed by atoms with Gasteiger partial charge in [0.05, 0.1) is 12.5 Å². The van der Waals surface area contributed by atoms with Gasteiger partial charge in [0.25, 0.3) is 0 Å². The van der Waals surface area contributed by atoms with E-state index in [0.717, 1.165) is 64.5 Å². The molecule has 0 bridgehead atoms.